The predicted molar refractivity (Wildman–Crippen MR) is 70.5 cm³/mol. The summed E-state index contributed by atoms with van der Waals surface area (Å²) in [7, 11) is 1.75. The number of benzene rings is 1. The first kappa shape index (κ1) is 12.4. The molecule has 1 heterocycles. The largest absolute Gasteiger partial charge is 0.496 e. The Morgan fingerprint density at radius 2 is 2.06 bits per heavy atom. The van der Waals surface area contributed by atoms with Crippen molar-refractivity contribution in [2.75, 3.05) is 33.3 Å². The molecule has 0 radical (unpaired) electrons. The molecule has 2 rings (SSSR count). The van der Waals surface area contributed by atoms with Gasteiger partial charge in [0.05, 0.1) is 7.11 Å². The lowest BCUT2D eigenvalue weighted by molar-refractivity contribution is 0.221. The number of hydrogen-bond acceptors (Lipinski definition) is 3. The number of nitrogens with zero attached hydrogens (tertiary/aromatic N) is 1. The smallest absolute Gasteiger partial charge is 0.123 e. The van der Waals surface area contributed by atoms with Crippen LogP contribution >= 0.6 is 0 Å². The summed E-state index contributed by atoms with van der Waals surface area (Å²) in [6.07, 6.45) is 1.22. The first-order valence-corrected chi connectivity index (χ1v) is 6.40. The Labute approximate surface area is 104 Å². The van der Waals surface area contributed by atoms with E-state index in [1.165, 1.54) is 12.0 Å². The van der Waals surface area contributed by atoms with Crippen molar-refractivity contribution >= 4 is 0 Å². The summed E-state index contributed by atoms with van der Waals surface area (Å²) in [5, 5.41) is 3.44. The third-order valence-electron chi connectivity index (χ3n) is 3.51. The number of hydrogen-bond donors (Lipinski definition) is 1. The quantitative estimate of drug-likeness (QED) is 0.866. The molecule has 1 aliphatic rings. The lowest BCUT2D eigenvalue weighted by Crippen LogP contribution is -2.31. The second-order valence-corrected chi connectivity index (χ2v) is 4.56. The maximum Gasteiger partial charge on any atom is 0.123 e. The Balaban J connectivity index is 2.14. The summed E-state index contributed by atoms with van der Waals surface area (Å²) in [5.74, 6) is 0.997. The van der Waals surface area contributed by atoms with Crippen LogP contribution in [0.1, 0.15) is 24.9 Å². The van der Waals surface area contributed by atoms with Crippen molar-refractivity contribution in [3.8, 4) is 5.75 Å². The molecule has 0 bridgehead atoms. The van der Waals surface area contributed by atoms with E-state index in [1.54, 1.807) is 7.11 Å². The zero-order valence-electron chi connectivity index (χ0n) is 10.8. The molecule has 1 fully saturated rings. The molecule has 0 saturated carbocycles. The second-order valence-electron chi connectivity index (χ2n) is 4.56. The maximum atomic E-state index is 5.45. The van der Waals surface area contributed by atoms with Crippen molar-refractivity contribution in [1.82, 2.24) is 10.2 Å². The Hall–Kier alpha value is -1.06. The van der Waals surface area contributed by atoms with Crippen LogP contribution < -0.4 is 10.1 Å². The van der Waals surface area contributed by atoms with E-state index < -0.39 is 0 Å². The fourth-order valence-electron chi connectivity index (χ4n) is 2.46. The van der Waals surface area contributed by atoms with Crippen molar-refractivity contribution in [3.05, 3.63) is 29.8 Å². The van der Waals surface area contributed by atoms with E-state index in [9.17, 15) is 0 Å². The molecule has 0 aliphatic carbocycles. The van der Waals surface area contributed by atoms with Gasteiger partial charge in [-0.1, -0.05) is 18.2 Å². The molecule has 3 nitrogen and oxygen atoms in total. The van der Waals surface area contributed by atoms with Gasteiger partial charge in [-0.2, -0.15) is 0 Å². The average Bonchev–Trinajstić information content (AvgIpc) is 2.66. The molecule has 0 amide bonds. The Morgan fingerprint density at radius 3 is 2.88 bits per heavy atom. The molecular formula is C14H22N2O. The lowest BCUT2D eigenvalue weighted by Gasteiger charge is -2.28. The minimum atomic E-state index is 0.422. The van der Waals surface area contributed by atoms with Gasteiger partial charge in [0, 0.05) is 24.7 Å². The molecule has 1 aromatic rings. The fraction of sp³-hybridized carbons (Fsp3) is 0.571. The van der Waals surface area contributed by atoms with E-state index in [1.807, 2.05) is 12.1 Å². The minimum Gasteiger partial charge on any atom is -0.496 e. The number of para-hydroxylation sites is 1. The lowest BCUT2D eigenvalue weighted by atomic mass is 10.1. The molecule has 1 N–H and O–H groups in total. The average molecular weight is 234 g/mol. The Bertz CT molecular complexity index is 346. The van der Waals surface area contributed by atoms with E-state index in [-0.39, 0.29) is 0 Å². The van der Waals surface area contributed by atoms with E-state index in [0.717, 1.165) is 31.9 Å². The van der Waals surface area contributed by atoms with Crippen LogP contribution in [-0.4, -0.2) is 38.2 Å². The molecule has 3 heteroatoms. The van der Waals surface area contributed by atoms with Gasteiger partial charge in [0.15, 0.2) is 0 Å². The summed E-state index contributed by atoms with van der Waals surface area (Å²) in [4.78, 5) is 2.53. The van der Waals surface area contributed by atoms with Crippen molar-refractivity contribution in [1.29, 1.82) is 0 Å². The predicted octanol–water partition coefficient (Wildman–Crippen LogP) is 2.05. The van der Waals surface area contributed by atoms with Crippen molar-refractivity contribution in [3.63, 3.8) is 0 Å². The van der Waals surface area contributed by atoms with Crippen molar-refractivity contribution in [2.45, 2.75) is 19.4 Å². The van der Waals surface area contributed by atoms with Crippen LogP contribution in [0.25, 0.3) is 0 Å². The highest BCUT2D eigenvalue weighted by Gasteiger charge is 2.19. The van der Waals surface area contributed by atoms with Gasteiger partial charge in [-0.05, 0) is 32.5 Å². The first-order valence-electron chi connectivity index (χ1n) is 6.40. The molecule has 0 spiro atoms. The molecular weight excluding hydrogens is 212 g/mol. The van der Waals surface area contributed by atoms with Crippen LogP contribution in [-0.2, 0) is 0 Å². The normalized spacial score (nSPS) is 19.6. The number of rotatable bonds is 3. The molecule has 1 aromatic carbocycles. The summed E-state index contributed by atoms with van der Waals surface area (Å²) in [5.41, 5.74) is 1.29. The highest BCUT2D eigenvalue weighted by atomic mass is 16.5. The Morgan fingerprint density at radius 1 is 1.24 bits per heavy atom. The van der Waals surface area contributed by atoms with Gasteiger partial charge in [0.1, 0.15) is 5.75 Å². The van der Waals surface area contributed by atoms with E-state index >= 15 is 0 Å². The topological polar surface area (TPSA) is 24.5 Å². The van der Waals surface area contributed by atoms with Gasteiger partial charge in [0.25, 0.3) is 0 Å². The van der Waals surface area contributed by atoms with Gasteiger partial charge >= 0.3 is 0 Å². The maximum absolute atomic E-state index is 5.45. The molecule has 1 unspecified atom stereocenters. The van der Waals surface area contributed by atoms with Crippen LogP contribution in [0.4, 0.5) is 0 Å². The van der Waals surface area contributed by atoms with Crippen molar-refractivity contribution < 1.29 is 4.74 Å². The van der Waals surface area contributed by atoms with Crippen molar-refractivity contribution in [2.24, 2.45) is 0 Å². The third-order valence-corrected chi connectivity index (χ3v) is 3.51. The monoisotopic (exact) mass is 234 g/mol. The molecule has 1 saturated heterocycles. The summed E-state index contributed by atoms with van der Waals surface area (Å²) < 4.78 is 5.45. The van der Waals surface area contributed by atoms with Crippen LogP contribution in [0.15, 0.2) is 24.3 Å². The van der Waals surface area contributed by atoms with E-state index in [4.69, 9.17) is 4.74 Å². The van der Waals surface area contributed by atoms with Crippen LogP contribution in [0.5, 0.6) is 5.75 Å². The highest BCUT2D eigenvalue weighted by molar-refractivity contribution is 5.35. The molecule has 1 atom stereocenters. The van der Waals surface area contributed by atoms with E-state index in [2.05, 4.69) is 29.3 Å². The van der Waals surface area contributed by atoms with Crippen LogP contribution in [0, 0.1) is 0 Å². The fourth-order valence-corrected chi connectivity index (χ4v) is 2.46. The molecule has 0 aromatic heterocycles. The number of ether oxygens (including phenoxy) is 1. The van der Waals surface area contributed by atoms with Crippen LogP contribution in [0.3, 0.4) is 0 Å². The zero-order valence-corrected chi connectivity index (χ0v) is 10.8. The summed E-state index contributed by atoms with van der Waals surface area (Å²) in [6, 6.07) is 8.75. The highest BCUT2D eigenvalue weighted by Crippen LogP contribution is 2.28. The molecule has 1 aliphatic heterocycles. The third kappa shape index (κ3) is 2.99. The molecule has 94 valence electrons. The van der Waals surface area contributed by atoms with Gasteiger partial charge < -0.3 is 10.1 Å². The summed E-state index contributed by atoms with van der Waals surface area (Å²) >= 11 is 0. The Kier molecular flexibility index (Phi) is 4.40. The van der Waals surface area contributed by atoms with Gasteiger partial charge in [-0.15, -0.1) is 0 Å². The molecule has 17 heavy (non-hydrogen) atoms. The minimum absolute atomic E-state index is 0.422. The van der Waals surface area contributed by atoms with Gasteiger partial charge in [0.2, 0.25) is 0 Å². The van der Waals surface area contributed by atoms with Crippen LogP contribution in [0.2, 0.25) is 0 Å². The number of methoxy groups -OCH3 is 1. The second kappa shape index (κ2) is 6.03. The standard InChI is InChI=1S/C14H22N2O/c1-12(16-10-5-8-15-9-11-16)13-6-3-4-7-14(13)17-2/h3-4,6-7,12,15H,5,8-11H2,1-2H3. The number of nitrogens with one attached hydrogen (secondary N) is 1. The van der Waals surface area contributed by atoms with Gasteiger partial charge in [-0.25, -0.2) is 0 Å². The first-order chi connectivity index (χ1) is 8.33. The zero-order chi connectivity index (χ0) is 12.1. The SMILES string of the molecule is COc1ccccc1C(C)N1CCCNCC1. The van der Waals surface area contributed by atoms with Gasteiger partial charge in [-0.3, -0.25) is 4.90 Å². The summed E-state index contributed by atoms with van der Waals surface area (Å²) in [6.45, 7) is 6.75. The van der Waals surface area contributed by atoms with E-state index in [0.29, 0.717) is 6.04 Å².